The van der Waals surface area contributed by atoms with Crippen LogP contribution < -0.4 is 5.32 Å². The highest BCUT2D eigenvalue weighted by Crippen LogP contribution is 2.17. The highest BCUT2D eigenvalue weighted by Gasteiger charge is 2.08. The Kier molecular flexibility index (Phi) is 4.03. The molecular weight excluding hydrogens is 160 g/mol. The van der Waals surface area contributed by atoms with Gasteiger partial charge in [0.25, 0.3) is 0 Å². The van der Waals surface area contributed by atoms with Crippen molar-refractivity contribution in [2.24, 2.45) is 0 Å². The van der Waals surface area contributed by atoms with E-state index in [9.17, 15) is 0 Å². The van der Waals surface area contributed by atoms with Crippen LogP contribution in [-0.4, -0.2) is 11.6 Å². The molecule has 1 rings (SSSR count). The summed E-state index contributed by atoms with van der Waals surface area (Å²) < 4.78 is 2.22. The Balaban J connectivity index is 2.67. The Labute approximate surface area is 81.0 Å². The molecule has 74 valence electrons. The molecule has 1 heterocycles. The van der Waals surface area contributed by atoms with Crippen LogP contribution in [0.2, 0.25) is 0 Å². The van der Waals surface area contributed by atoms with E-state index in [0.29, 0.717) is 6.04 Å². The molecule has 1 N–H and O–H groups in total. The summed E-state index contributed by atoms with van der Waals surface area (Å²) >= 11 is 0. The van der Waals surface area contributed by atoms with Crippen LogP contribution >= 0.6 is 0 Å². The molecule has 0 amide bonds. The van der Waals surface area contributed by atoms with Crippen molar-refractivity contribution in [1.82, 2.24) is 9.88 Å². The normalized spacial score (nSPS) is 13.2. The summed E-state index contributed by atoms with van der Waals surface area (Å²) in [6, 6.07) is 2.73. The second-order valence-electron chi connectivity index (χ2n) is 3.41. The lowest BCUT2D eigenvalue weighted by molar-refractivity contribution is 0.540. The Hall–Kier alpha value is -0.760. The minimum atomic E-state index is 0.526. The quantitative estimate of drug-likeness (QED) is 0.737. The molecular formula is C11H20N2. The van der Waals surface area contributed by atoms with Crippen LogP contribution in [0.4, 0.5) is 0 Å². The molecule has 0 saturated carbocycles. The molecule has 2 nitrogen and oxygen atoms in total. The number of nitrogens with one attached hydrogen (secondary N) is 1. The van der Waals surface area contributed by atoms with Crippen LogP contribution in [0.15, 0.2) is 18.5 Å². The summed E-state index contributed by atoms with van der Waals surface area (Å²) in [5.74, 6) is 0. The predicted molar refractivity (Wildman–Crippen MR) is 56.8 cm³/mol. The van der Waals surface area contributed by atoms with E-state index in [4.69, 9.17) is 0 Å². The first-order chi connectivity index (χ1) is 6.31. The van der Waals surface area contributed by atoms with Gasteiger partial charge in [-0.05, 0) is 32.0 Å². The molecule has 0 radical (unpaired) electrons. The second-order valence-corrected chi connectivity index (χ2v) is 3.41. The van der Waals surface area contributed by atoms with Crippen molar-refractivity contribution in [3.63, 3.8) is 0 Å². The number of hydrogen-bond donors (Lipinski definition) is 1. The molecule has 1 aromatic heterocycles. The monoisotopic (exact) mass is 180 g/mol. The van der Waals surface area contributed by atoms with Gasteiger partial charge in [-0.15, -0.1) is 0 Å². The highest BCUT2D eigenvalue weighted by molar-refractivity contribution is 5.15. The molecule has 1 unspecified atom stereocenters. The van der Waals surface area contributed by atoms with E-state index in [1.165, 1.54) is 18.4 Å². The molecule has 1 atom stereocenters. The largest absolute Gasteiger partial charge is 0.354 e. The van der Waals surface area contributed by atoms with E-state index in [2.05, 4.69) is 42.2 Å². The van der Waals surface area contributed by atoms with Crippen LogP contribution in [-0.2, 0) is 6.54 Å². The van der Waals surface area contributed by atoms with Crippen molar-refractivity contribution in [3.8, 4) is 0 Å². The molecule has 1 aromatic rings. The lowest BCUT2D eigenvalue weighted by Crippen LogP contribution is -2.15. The summed E-state index contributed by atoms with van der Waals surface area (Å²) in [7, 11) is 2.03. The van der Waals surface area contributed by atoms with Gasteiger partial charge in [-0.2, -0.15) is 0 Å². The molecule has 0 bridgehead atoms. The molecule has 0 saturated heterocycles. The third kappa shape index (κ3) is 2.59. The average Bonchev–Trinajstić information content (AvgIpc) is 2.62. The summed E-state index contributed by atoms with van der Waals surface area (Å²) in [6.45, 7) is 5.45. The van der Waals surface area contributed by atoms with Crippen molar-refractivity contribution in [1.29, 1.82) is 0 Å². The van der Waals surface area contributed by atoms with E-state index in [1.54, 1.807) is 0 Å². The summed E-state index contributed by atoms with van der Waals surface area (Å²) in [5, 5.41) is 3.34. The minimum Gasteiger partial charge on any atom is -0.354 e. The van der Waals surface area contributed by atoms with Gasteiger partial charge >= 0.3 is 0 Å². The lowest BCUT2D eigenvalue weighted by atomic mass is 10.1. The molecule has 0 aliphatic heterocycles. The number of hydrogen-bond acceptors (Lipinski definition) is 1. The first-order valence-corrected chi connectivity index (χ1v) is 5.14. The zero-order valence-electron chi connectivity index (χ0n) is 8.88. The topological polar surface area (TPSA) is 17.0 Å². The van der Waals surface area contributed by atoms with Gasteiger partial charge in [-0.3, -0.25) is 0 Å². The smallest absolute Gasteiger partial charge is 0.0332 e. The summed E-state index contributed by atoms with van der Waals surface area (Å²) in [5.41, 5.74) is 1.41. The third-order valence-electron chi connectivity index (χ3n) is 2.47. The Morgan fingerprint density at radius 1 is 1.46 bits per heavy atom. The van der Waals surface area contributed by atoms with Gasteiger partial charge in [0, 0.05) is 25.0 Å². The van der Waals surface area contributed by atoms with Gasteiger partial charge in [0.2, 0.25) is 0 Å². The molecule has 13 heavy (non-hydrogen) atoms. The van der Waals surface area contributed by atoms with Gasteiger partial charge in [0.15, 0.2) is 0 Å². The van der Waals surface area contributed by atoms with Crippen LogP contribution in [0.25, 0.3) is 0 Å². The standard InChI is InChI=1S/C11H20N2/c1-4-6-11(12-3)10-7-8-13(5-2)9-10/h7-9,11-12H,4-6H2,1-3H3. The molecule has 0 aliphatic rings. The number of aryl methyl sites for hydroxylation is 1. The van der Waals surface area contributed by atoms with Crippen molar-refractivity contribution < 1.29 is 0 Å². The predicted octanol–water partition coefficient (Wildman–Crippen LogP) is 2.57. The minimum absolute atomic E-state index is 0.526. The number of nitrogens with zero attached hydrogens (tertiary/aromatic N) is 1. The molecule has 2 heteroatoms. The number of aromatic nitrogens is 1. The fourth-order valence-corrected chi connectivity index (χ4v) is 1.63. The fraction of sp³-hybridized carbons (Fsp3) is 0.636. The SMILES string of the molecule is CCCC(NC)c1ccn(CC)c1. The molecule has 0 fully saturated rings. The average molecular weight is 180 g/mol. The highest BCUT2D eigenvalue weighted by atomic mass is 14.9. The zero-order valence-corrected chi connectivity index (χ0v) is 8.88. The Bertz CT molecular complexity index is 240. The zero-order chi connectivity index (χ0) is 9.68. The first kappa shape index (κ1) is 10.3. The maximum atomic E-state index is 3.34. The third-order valence-corrected chi connectivity index (χ3v) is 2.47. The van der Waals surface area contributed by atoms with Gasteiger partial charge in [-0.1, -0.05) is 13.3 Å². The molecule has 0 aromatic carbocycles. The van der Waals surface area contributed by atoms with Crippen molar-refractivity contribution >= 4 is 0 Å². The van der Waals surface area contributed by atoms with E-state index >= 15 is 0 Å². The van der Waals surface area contributed by atoms with Crippen LogP contribution in [0.5, 0.6) is 0 Å². The van der Waals surface area contributed by atoms with Gasteiger partial charge in [0.05, 0.1) is 0 Å². The Morgan fingerprint density at radius 2 is 2.23 bits per heavy atom. The summed E-state index contributed by atoms with van der Waals surface area (Å²) in [6.07, 6.45) is 6.82. The lowest BCUT2D eigenvalue weighted by Gasteiger charge is -2.13. The van der Waals surface area contributed by atoms with Crippen molar-refractivity contribution in [2.75, 3.05) is 7.05 Å². The van der Waals surface area contributed by atoms with E-state index in [-0.39, 0.29) is 0 Å². The van der Waals surface area contributed by atoms with E-state index in [0.717, 1.165) is 6.54 Å². The molecule has 0 aliphatic carbocycles. The van der Waals surface area contributed by atoms with Crippen molar-refractivity contribution in [3.05, 3.63) is 24.0 Å². The summed E-state index contributed by atoms with van der Waals surface area (Å²) in [4.78, 5) is 0. The van der Waals surface area contributed by atoms with E-state index in [1.807, 2.05) is 7.05 Å². The van der Waals surface area contributed by atoms with Gasteiger partial charge in [-0.25, -0.2) is 0 Å². The van der Waals surface area contributed by atoms with Gasteiger partial charge in [0.1, 0.15) is 0 Å². The van der Waals surface area contributed by atoms with Crippen LogP contribution in [0, 0.1) is 0 Å². The number of rotatable bonds is 5. The van der Waals surface area contributed by atoms with Gasteiger partial charge < -0.3 is 9.88 Å². The van der Waals surface area contributed by atoms with Crippen molar-refractivity contribution in [2.45, 2.75) is 39.3 Å². The maximum Gasteiger partial charge on any atom is 0.0332 e. The maximum absolute atomic E-state index is 3.34. The van der Waals surface area contributed by atoms with Crippen LogP contribution in [0.1, 0.15) is 38.3 Å². The fourth-order valence-electron chi connectivity index (χ4n) is 1.63. The van der Waals surface area contributed by atoms with Crippen LogP contribution in [0.3, 0.4) is 0 Å². The Morgan fingerprint density at radius 3 is 2.69 bits per heavy atom. The molecule has 0 spiro atoms. The van der Waals surface area contributed by atoms with E-state index < -0.39 is 0 Å². The second kappa shape index (κ2) is 5.07. The first-order valence-electron chi connectivity index (χ1n) is 5.14.